The van der Waals surface area contributed by atoms with Gasteiger partial charge >= 0.3 is 5.69 Å². The molecule has 106 valence electrons. The first-order valence-corrected chi connectivity index (χ1v) is 6.86. The minimum absolute atomic E-state index is 0.0389. The fraction of sp³-hybridized carbons (Fsp3) is 0.692. The number of nitrogens with one attached hydrogen (secondary N) is 1. The summed E-state index contributed by atoms with van der Waals surface area (Å²) in [7, 11) is 1.62. The van der Waals surface area contributed by atoms with E-state index in [1.807, 2.05) is 13.8 Å². The maximum atomic E-state index is 12.4. The Morgan fingerprint density at radius 2 is 2.05 bits per heavy atom. The van der Waals surface area contributed by atoms with Crippen LogP contribution in [0, 0.1) is 0 Å². The van der Waals surface area contributed by atoms with E-state index in [1.54, 1.807) is 7.11 Å². The van der Waals surface area contributed by atoms with Crippen molar-refractivity contribution >= 4 is 11.6 Å². The molecule has 1 saturated carbocycles. The number of hydrogen-bond acceptors (Lipinski definition) is 3. The minimum Gasteiger partial charge on any atom is -0.376 e. The Labute approximate surface area is 116 Å². The van der Waals surface area contributed by atoms with Gasteiger partial charge in [0.2, 0.25) is 0 Å². The molecule has 1 heterocycles. The fourth-order valence-corrected chi connectivity index (χ4v) is 2.87. The number of aromatic amines is 1. The van der Waals surface area contributed by atoms with Gasteiger partial charge in [-0.15, -0.1) is 0 Å². The van der Waals surface area contributed by atoms with Crippen LogP contribution in [0.4, 0.5) is 0 Å². The van der Waals surface area contributed by atoms with Crippen molar-refractivity contribution in [2.75, 3.05) is 7.11 Å². The molecule has 1 aromatic heterocycles. The van der Waals surface area contributed by atoms with E-state index in [-0.39, 0.29) is 28.8 Å². The second-order valence-corrected chi connectivity index (χ2v) is 5.82. The number of ether oxygens (including phenoxy) is 1. The molecule has 0 atom stereocenters. The average molecular weight is 287 g/mol. The lowest BCUT2D eigenvalue weighted by molar-refractivity contribution is -0.0848. The van der Waals surface area contributed by atoms with Gasteiger partial charge in [0.05, 0.1) is 17.7 Å². The van der Waals surface area contributed by atoms with Crippen LogP contribution >= 0.6 is 11.6 Å². The van der Waals surface area contributed by atoms with E-state index in [0.29, 0.717) is 5.56 Å². The molecule has 0 bridgehead atoms. The Balaban J connectivity index is 2.49. The maximum Gasteiger partial charge on any atom is 0.329 e. The summed E-state index contributed by atoms with van der Waals surface area (Å²) in [5.41, 5.74) is -0.708. The Hall–Kier alpha value is -1.07. The van der Waals surface area contributed by atoms with Gasteiger partial charge in [0.1, 0.15) is 5.15 Å². The van der Waals surface area contributed by atoms with Crippen molar-refractivity contribution in [3.8, 4) is 0 Å². The smallest absolute Gasteiger partial charge is 0.329 e. The second-order valence-electron chi connectivity index (χ2n) is 5.44. The third-order valence-electron chi connectivity index (χ3n) is 3.90. The Morgan fingerprint density at radius 1 is 1.42 bits per heavy atom. The van der Waals surface area contributed by atoms with Crippen molar-refractivity contribution in [2.45, 2.75) is 51.2 Å². The molecule has 1 fully saturated rings. The first kappa shape index (κ1) is 14.3. The molecule has 1 aliphatic carbocycles. The summed E-state index contributed by atoms with van der Waals surface area (Å²) >= 11 is 5.95. The molecule has 0 amide bonds. The number of rotatable bonds is 4. The summed E-state index contributed by atoms with van der Waals surface area (Å²) in [6.07, 6.45) is 2.80. The number of methoxy groups -OCH3 is 1. The summed E-state index contributed by atoms with van der Waals surface area (Å²) < 4.78 is 6.68. The molecule has 1 aromatic rings. The molecule has 0 radical (unpaired) electrons. The summed E-state index contributed by atoms with van der Waals surface area (Å²) in [4.78, 5) is 26.9. The molecule has 0 aliphatic heterocycles. The number of aromatic nitrogens is 2. The molecule has 19 heavy (non-hydrogen) atoms. The predicted octanol–water partition coefficient (Wildman–Crippen LogP) is 1.88. The molecule has 6 heteroatoms. The van der Waals surface area contributed by atoms with Crippen LogP contribution in [0.3, 0.4) is 0 Å². The molecule has 0 aromatic carbocycles. The van der Waals surface area contributed by atoms with Crippen LogP contribution < -0.4 is 11.2 Å². The van der Waals surface area contributed by atoms with E-state index < -0.39 is 5.69 Å². The van der Waals surface area contributed by atoms with Crippen molar-refractivity contribution in [1.82, 2.24) is 9.55 Å². The van der Waals surface area contributed by atoms with Crippen LogP contribution in [0.25, 0.3) is 0 Å². The first-order chi connectivity index (χ1) is 8.90. The zero-order valence-electron chi connectivity index (χ0n) is 11.5. The molecular weight excluding hydrogens is 268 g/mol. The van der Waals surface area contributed by atoms with E-state index in [1.165, 1.54) is 4.57 Å². The predicted molar refractivity (Wildman–Crippen MR) is 74.0 cm³/mol. The topological polar surface area (TPSA) is 64.1 Å². The summed E-state index contributed by atoms with van der Waals surface area (Å²) in [5, 5.41) is 0.140. The molecule has 1 N–H and O–H groups in total. The van der Waals surface area contributed by atoms with Gasteiger partial charge in [0, 0.05) is 7.11 Å². The first-order valence-electron chi connectivity index (χ1n) is 6.48. The molecule has 0 unspecified atom stereocenters. The standard InChI is InChI=1S/C13H19ClN2O3/c1-8(2)9-10(14)15-12(18)16(11(9)17)7-13(19-3)5-4-6-13/h8H,4-7H2,1-3H3,(H,15,18). The Bertz CT molecular complexity index is 579. The number of hydrogen-bond donors (Lipinski definition) is 1. The maximum absolute atomic E-state index is 12.4. The average Bonchev–Trinajstić information content (AvgIpc) is 2.26. The van der Waals surface area contributed by atoms with E-state index in [0.717, 1.165) is 19.3 Å². The van der Waals surface area contributed by atoms with Crippen LogP contribution in [0.15, 0.2) is 9.59 Å². The summed E-state index contributed by atoms with van der Waals surface area (Å²) in [6, 6.07) is 0. The summed E-state index contributed by atoms with van der Waals surface area (Å²) in [5.74, 6) is -0.0389. The molecule has 0 saturated heterocycles. The third kappa shape index (κ3) is 2.49. The number of H-pyrrole nitrogens is 1. The van der Waals surface area contributed by atoms with Gasteiger partial charge in [-0.1, -0.05) is 25.4 Å². The van der Waals surface area contributed by atoms with E-state index in [2.05, 4.69) is 4.98 Å². The van der Waals surface area contributed by atoms with Gasteiger partial charge in [-0.2, -0.15) is 0 Å². The van der Waals surface area contributed by atoms with Crippen molar-refractivity contribution < 1.29 is 4.74 Å². The van der Waals surface area contributed by atoms with Crippen LogP contribution in [-0.4, -0.2) is 22.3 Å². The van der Waals surface area contributed by atoms with Gasteiger partial charge in [0.15, 0.2) is 0 Å². The highest BCUT2D eigenvalue weighted by molar-refractivity contribution is 6.30. The van der Waals surface area contributed by atoms with Crippen molar-refractivity contribution in [3.63, 3.8) is 0 Å². The van der Waals surface area contributed by atoms with E-state index in [9.17, 15) is 9.59 Å². The molecule has 0 spiro atoms. The number of nitrogens with zero attached hydrogens (tertiary/aromatic N) is 1. The molecule has 1 aliphatic rings. The van der Waals surface area contributed by atoms with Crippen molar-refractivity contribution in [3.05, 3.63) is 31.6 Å². The number of halogens is 1. The lowest BCUT2D eigenvalue weighted by Crippen LogP contribution is -2.50. The zero-order chi connectivity index (χ0) is 14.2. The lowest BCUT2D eigenvalue weighted by atomic mass is 9.80. The molecular formula is C13H19ClN2O3. The van der Waals surface area contributed by atoms with Gasteiger partial charge in [0.25, 0.3) is 5.56 Å². The quantitative estimate of drug-likeness (QED) is 0.860. The highest BCUT2D eigenvalue weighted by atomic mass is 35.5. The zero-order valence-corrected chi connectivity index (χ0v) is 12.2. The molecule has 2 rings (SSSR count). The Kier molecular flexibility index (Phi) is 3.87. The lowest BCUT2D eigenvalue weighted by Gasteiger charge is -2.40. The van der Waals surface area contributed by atoms with Gasteiger partial charge in [-0.05, 0) is 25.2 Å². The Morgan fingerprint density at radius 3 is 2.47 bits per heavy atom. The van der Waals surface area contributed by atoms with E-state index >= 15 is 0 Å². The molecule has 5 nitrogen and oxygen atoms in total. The largest absolute Gasteiger partial charge is 0.376 e. The highest BCUT2D eigenvalue weighted by Gasteiger charge is 2.38. The minimum atomic E-state index is -0.470. The van der Waals surface area contributed by atoms with Crippen LogP contribution in [0.2, 0.25) is 5.15 Å². The van der Waals surface area contributed by atoms with Crippen LogP contribution in [0.5, 0.6) is 0 Å². The van der Waals surface area contributed by atoms with Gasteiger partial charge in [-0.25, -0.2) is 4.79 Å². The highest BCUT2D eigenvalue weighted by Crippen LogP contribution is 2.35. The fourth-order valence-electron chi connectivity index (χ4n) is 2.49. The van der Waals surface area contributed by atoms with Crippen LogP contribution in [0.1, 0.15) is 44.6 Å². The van der Waals surface area contributed by atoms with Crippen LogP contribution in [-0.2, 0) is 11.3 Å². The van der Waals surface area contributed by atoms with E-state index in [4.69, 9.17) is 16.3 Å². The second kappa shape index (κ2) is 5.13. The van der Waals surface area contributed by atoms with Gasteiger partial charge < -0.3 is 4.74 Å². The van der Waals surface area contributed by atoms with Crippen molar-refractivity contribution in [2.24, 2.45) is 0 Å². The monoisotopic (exact) mass is 286 g/mol. The third-order valence-corrected chi connectivity index (χ3v) is 4.19. The SMILES string of the molecule is COC1(Cn2c(=O)[nH]c(Cl)c(C(C)C)c2=O)CCC1. The van der Waals surface area contributed by atoms with Crippen molar-refractivity contribution in [1.29, 1.82) is 0 Å². The normalized spacial score (nSPS) is 17.5. The summed E-state index contributed by atoms with van der Waals surface area (Å²) in [6.45, 7) is 4.04. The van der Waals surface area contributed by atoms with Gasteiger partial charge in [-0.3, -0.25) is 14.3 Å².